The molecule has 0 aliphatic heterocycles. The number of methoxy groups -OCH3 is 2. The molecule has 2 aromatic carbocycles. The molecule has 0 aliphatic carbocycles. The van der Waals surface area contributed by atoms with E-state index in [0.717, 1.165) is 5.56 Å². The molecule has 0 N–H and O–H groups in total. The zero-order valence-electron chi connectivity index (χ0n) is 15.3. The van der Waals surface area contributed by atoms with Gasteiger partial charge in [0.15, 0.2) is 11.5 Å². The van der Waals surface area contributed by atoms with Crippen molar-refractivity contribution >= 4 is 11.6 Å². The number of benzene rings is 2. The number of carbonyl (C=O) groups is 1. The first-order valence-electron chi connectivity index (χ1n) is 8.08. The monoisotopic (exact) mass is 358 g/mol. The van der Waals surface area contributed by atoms with E-state index in [1.165, 1.54) is 12.1 Å². The zero-order valence-corrected chi connectivity index (χ0v) is 15.3. The molecule has 0 bridgehead atoms. The Bertz CT molecular complexity index is 806. The van der Waals surface area contributed by atoms with Gasteiger partial charge in [-0.2, -0.15) is 0 Å². The van der Waals surface area contributed by atoms with Gasteiger partial charge in [0.1, 0.15) is 0 Å². The number of amides is 1. The molecule has 1 atom stereocenters. The minimum Gasteiger partial charge on any atom is -0.493 e. The van der Waals surface area contributed by atoms with Crippen molar-refractivity contribution in [3.63, 3.8) is 0 Å². The van der Waals surface area contributed by atoms with Gasteiger partial charge >= 0.3 is 0 Å². The third-order valence-corrected chi connectivity index (χ3v) is 4.34. The molecule has 1 amide bonds. The molecule has 0 spiro atoms. The van der Waals surface area contributed by atoms with Crippen LogP contribution in [-0.2, 0) is 11.2 Å². The van der Waals surface area contributed by atoms with Crippen molar-refractivity contribution in [1.82, 2.24) is 4.90 Å². The Morgan fingerprint density at radius 2 is 1.85 bits per heavy atom. The third-order valence-electron chi connectivity index (χ3n) is 4.34. The normalized spacial score (nSPS) is 11.5. The predicted octanol–water partition coefficient (Wildman–Crippen LogP) is 3.37. The van der Waals surface area contributed by atoms with Crippen LogP contribution in [0.15, 0.2) is 42.5 Å². The highest BCUT2D eigenvalue weighted by Gasteiger charge is 2.20. The van der Waals surface area contributed by atoms with Gasteiger partial charge in [-0.05, 0) is 30.2 Å². The van der Waals surface area contributed by atoms with Crippen molar-refractivity contribution in [3.05, 3.63) is 63.7 Å². The number of ether oxygens (including phenoxy) is 2. The molecule has 0 heterocycles. The van der Waals surface area contributed by atoms with Crippen LogP contribution in [0.2, 0.25) is 0 Å². The minimum atomic E-state index is -0.443. The highest BCUT2D eigenvalue weighted by Crippen LogP contribution is 2.28. The Labute approximate surface area is 152 Å². The van der Waals surface area contributed by atoms with Gasteiger partial charge in [-0.1, -0.05) is 18.2 Å². The molecule has 0 aromatic heterocycles. The number of nitro benzene ring substituents is 1. The maximum atomic E-state index is 12.6. The maximum absolute atomic E-state index is 12.6. The average Bonchev–Trinajstić information content (AvgIpc) is 2.66. The highest BCUT2D eigenvalue weighted by atomic mass is 16.6. The topological polar surface area (TPSA) is 81.9 Å². The van der Waals surface area contributed by atoms with Crippen LogP contribution >= 0.6 is 0 Å². The number of carbonyl (C=O) groups excluding carboxylic acids is 1. The van der Waals surface area contributed by atoms with E-state index < -0.39 is 4.92 Å². The van der Waals surface area contributed by atoms with E-state index in [4.69, 9.17) is 9.47 Å². The fourth-order valence-corrected chi connectivity index (χ4v) is 2.63. The third kappa shape index (κ3) is 4.30. The van der Waals surface area contributed by atoms with E-state index in [1.54, 1.807) is 50.4 Å². The van der Waals surface area contributed by atoms with Gasteiger partial charge in [0, 0.05) is 19.2 Å². The first kappa shape index (κ1) is 19.2. The summed E-state index contributed by atoms with van der Waals surface area (Å²) in [6.45, 7) is 1.84. The van der Waals surface area contributed by atoms with Crippen LogP contribution in [0.3, 0.4) is 0 Å². The number of non-ortho nitro benzene ring substituents is 1. The van der Waals surface area contributed by atoms with Crippen molar-refractivity contribution in [3.8, 4) is 11.5 Å². The minimum absolute atomic E-state index is 0.00934. The van der Waals surface area contributed by atoms with Gasteiger partial charge in [0.2, 0.25) is 5.91 Å². The molecular formula is C19H22N2O5. The molecule has 2 aromatic rings. The maximum Gasteiger partial charge on any atom is 0.269 e. The van der Waals surface area contributed by atoms with E-state index in [2.05, 4.69) is 0 Å². The summed E-state index contributed by atoms with van der Waals surface area (Å²) < 4.78 is 10.5. The van der Waals surface area contributed by atoms with Crippen LogP contribution in [0.5, 0.6) is 11.5 Å². The lowest BCUT2D eigenvalue weighted by Crippen LogP contribution is -2.31. The summed E-state index contributed by atoms with van der Waals surface area (Å²) in [5.74, 6) is 1.06. The lowest BCUT2D eigenvalue weighted by atomic mass is 10.0. The van der Waals surface area contributed by atoms with Crippen LogP contribution in [0.25, 0.3) is 0 Å². The number of nitro groups is 1. The Morgan fingerprint density at radius 1 is 1.15 bits per heavy atom. The fourth-order valence-electron chi connectivity index (χ4n) is 2.63. The molecule has 138 valence electrons. The van der Waals surface area contributed by atoms with Gasteiger partial charge in [-0.25, -0.2) is 0 Å². The second kappa shape index (κ2) is 8.33. The van der Waals surface area contributed by atoms with Crippen molar-refractivity contribution in [1.29, 1.82) is 0 Å². The lowest BCUT2D eigenvalue weighted by Gasteiger charge is -2.25. The van der Waals surface area contributed by atoms with Gasteiger partial charge in [-0.15, -0.1) is 0 Å². The molecule has 0 fully saturated rings. The molecule has 0 radical (unpaired) electrons. The summed E-state index contributed by atoms with van der Waals surface area (Å²) in [6, 6.07) is 11.4. The first-order valence-corrected chi connectivity index (χ1v) is 8.08. The smallest absolute Gasteiger partial charge is 0.269 e. The van der Waals surface area contributed by atoms with Crippen molar-refractivity contribution < 1.29 is 19.2 Å². The summed E-state index contributed by atoms with van der Waals surface area (Å²) >= 11 is 0. The summed E-state index contributed by atoms with van der Waals surface area (Å²) in [5, 5.41) is 10.9. The van der Waals surface area contributed by atoms with Crippen LogP contribution in [0, 0.1) is 10.1 Å². The van der Waals surface area contributed by atoms with E-state index in [9.17, 15) is 14.9 Å². The van der Waals surface area contributed by atoms with Crippen LogP contribution in [-0.4, -0.2) is 37.0 Å². The Morgan fingerprint density at radius 3 is 2.46 bits per heavy atom. The Kier molecular flexibility index (Phi) is 6.16. The number of likely N-dealkylation sites (N-methyl/N-ethyl adjacent to an activating group) is 1. The lowest BCUT2D eigenvalue weighted by molar-refractivity contribution is -0.384. The second-order valence-corrected chi connectivity index (χ2v) is 5.90. The molecule has 2 rings (SSSR count). The summed E-state index contributed by atoms with van der Waals surface area (Å²) in [5.41, 5.74) is 1.52. The molecule has 0 saturated carbocycles. The number of hydrogen-bond donors (Lipinski definition) is 0. The number of rotatable bonds is 7. The molecule has 0 saturated heterocycles. The molecular weight excluding hydrogens is 336 g/mol. The SMILES string of the molecule is COc1ccc(CC(=O)N(C)[C@H](C)c2cccc([N+](=O)[O-])c2)cc1OC. The first-order chi connectivity index (χ1) is 12.4. The van der Waals surface area contributed by atoms with Crippen LogP contribution in [0.1, 0.15) is 24.1 Å². The van der Waals surface area contributed by atoms with Crippen LogP contribution in [0.4, 0.5) is 5.69 Å². The average molecular weight is 358 g/mol. The fraction of sp³-hybridized carbons (Fsp3) is 0.316. The molecule has 0 unspecified atom stereocenters. The number of nitrogens with zero attached hydrogens (tertiary/aromatic N) is 2. The van der Waals surface area contributed by atoms with Crippen molar-refractivity contribution in [2.75, 3.05) is 21.3 Å². The van der Waals surface area contributed by atoms with Crippen molar-refractivity contribution in [2.24, 2.45) is 0 Å². The van der Waals surface area contributed by atoms with Gasteiger partial charge in [0.05, 0.1) is 31.6 Å². The van der Waals surface area contributed by atoms with Crippen molar-refractivity contribution in [2.45, 2.75) is 19.4 Å². The standard InChI is InChI=1S/C19H22N2O5/c1-13(15-6-5-7-16(12-15)21(23)24)20(2)19(22)11-14-8-9-17(25-3)18(10-14)26-4/h5-10,12-13H,11H2,1-4H3/t13-/m1/s1. The summed E-state index contributed by atoms with van der Waals surface area (Å²) in [7, 11) is 4.78. The highest BCUT2D eigenvalue weighted by molar-refractivity contribution is 5.79. The van der Waals surface area contributed by atoms with E-state index in [0.29, 0.717) is 17.1 Å². The molecule has 0 aliphatic rings. The quantitative estimate of drug-likeness (QED) is 0.560. The predicted molar refractivity (Wildman–Crippen MR) is 97.5 cm³/mol. The van der Waals surface area contributed by atoms with E-state index in [-0.39, 0.29) is 24.1 Å². The molecule has 7 nitrogen and oxygen atoms in total. The zero-order chi connectivity index (χ0) is 19.3. The summed E-state index contributed by atoms with van der Waals surface area (Å²) in [6.07, 6.45) is 0.191. The van der Waals surface area contributed by atoms with E-state index >= 15 is 0 Å². The van der Waals surface area contributed by atoms with E-state index in [1.807, 2.05) is 13.0 Å². The van der Waals surface area contributed by atoms with Gasteiger partial charge in [0.25, 0.3) is 5.69 Å². The van der Waals surface area contributed by atoms with Gasteiger partial charge < -0.3 is 14.4 Å². The molecule has 26 heavy (non-hydrogen) atoms. The van der Waals surface area contributed by atoms with Crippen LogP contribution < -0.4 is 9.47 Å². The molecule has 7 heteroatoms. The Balaban J connectivity index is 2.14. The Hall–Kier alpha value is -3.09. The largest absolute Gasteiger partial charge is 0.493 e. The summed E-state index contributed by atoms with van der Waals surface area (Å²) in [4.78, 5) is 24.7. The second-order valence-electron chi connectivity index (χ2n) is 5.90. The van der Waals surface area contributed by atoms with Gasteiger partial charge in [-0.3, -0.25) is 14.9 Å². The number of hydrogen-bond acceptors (Lipinski definition) is 5.